The number of hydrogen-bond donors (Lipinski definition) is 1. The molecule has 0 aliphatic carbocycles. The number of methoxy groups -OCH3 is 1. The minimum absolute atomic E-state index is 0.0235. The van der Waals surface area contributed by atoms with Crippen LogP contribution in [0.3, 0.4) is 0 Å². The Morgan fingerprint density at radius 1 is 1.15 bits per heavy atom. The third-order valence-corrected chi connectivity index (χ3v) is 2.49. The molecule has 0 amide bonds. The zero-order valence-corrected chi connectivity index (χ0v) is 11.5. The van der Waals surface area contributed by atoms with Crippen LogP contribution in [0.2, 0.25) is 0 Å². The molecule has 0 heterocycles. The van der Waals surface area contributed by atoms with Gasteiger partial charge in [0.25, 0.3) is 0 Å². The van der Waals surface area contributed by atoms with E-state index in [1.54, 1.807) is 19.2 Å². The van der Waals surface area contributed by atoms with E-state index in [1.165, 1.54) is 6.07 Å². The van der Waals surface area contributed by atoms with E-state index in [0.29, 0.717) is 45.3 Å². The molecule has 0 unspecified atom stereocenters. The van der Waals surface area contributed by atoms with Gasteiger partial charge >= 0.3 is 0 Å². The third kappa shape index (κ3) is 5.97. The number of nitrogens with one attached hydrogen (secondary N) is 1. The summed E-state index contributed by atoms with van der Waals surface area (Å²) in [5.74, 6) is -0.523. The first kappa shape index (κ1) is 16.4. The van der Waals surface area contributed by atoms with Gasteiger partial charge in [-0.25, -0.2) is 4.39 Å². The fraction of sp³-hybridized carbons (Fsp3) is 0.500. The van der Waals surface area contributed by atoms with Gasteiger partial charge in [-0.3, -0.25) is 0 Å². The molecule has 20 heavy (non-hydrogen) atoms. The molecule has 0 aromatic heterocycles. The molecule has 0 saturated carbocycles. The molecule has 0 aliphatic rings. The van der Waals surface area contributed by atoms with Gasteiger partial charge in [-0.05, 0) is 12.1 Å². The van der Waals surface area contributed by atoms with Crippen LogP contribution in [0.5, 0.6) is 0 Å². The number of ether oxygens (including phenoxy) is 3. The van der Waals surface area contributed by atoms with Gasteiger partial charge in [0.1, 0.15) is 17.4 Å². The number of anilines is 1. The second-order valence-corrected chi connectivity index (χ2v) is 3.92. The van der Waals surface area contributed by atoms with E-state index in [1.807, 2.05) is 6.07 Å². The standard InChI is InChI=1S/C14H19FN2O3/c1-18-7-8-20-10-9-19-6-5-17-14-4-2-3-13(15)12(14)11-16/h2-4,17H,5-10H2,1H3. The summed E-state index contributed by atoms with van der Waals surface area (Å²) in [6.45, 7) is 3.06. The predicted octanol–water partition coefficient (Wildman–Crippen LogP) is 1.79. The lowest BCUT2D eigenvalue weighted by atomic mass is 10.2. The summed E-state index contributed by atoms with van der Waals surface area (Å²) in [7, 11) is 1.62. The molecular formula is C14H19FN2O3. The van der Waals surface area contributed by atoms with E-state index in [4.69, 9.17) is 19.5 Å². The average Bonchev–Trinajstić information content (AvgIpc) is 2.45. The number of nitrogens with zero attached hydrogens (tertiary/aromatic N) is 1. The highest BCUT2D eigenvalue weighted by Crippen LogP contribution is 2.17. The summed E-state index contributed by atoms with van der Waals surface area (Å²) in [6.07, 6.45) is 0. The summed E-state index contributed by atoms with van der Waals surface area (Å²) in [6, 6.07) is 6.32. The number of hydrogen-bond acceptors (Lipinski definition) is 5. The summed E-state index contributed by atoms with van der Waals surface area (Å²) in [5.41, 5.74) is 0.503. The Kier molecular flexibility index (Phi) is 8.31. The Hall–Kier alpha value is -1.68. The van der Waals surface area contributed by atoms with E-state index in [2.05, 4.69) is 5.32 Å². The van der Waals surface area contributed by atoms with Gasteiger partial charge in [0.15, 0.2) is 0 Å². The molecule has 110 valence electrons. The normalized spacial score (nSPS) is 10.2. The molecular weight excluding hydrogens is 263 g/mol. The van der Waals surface area contributed by atoms with Crippen molar-refractivity contribution in [3.05, 3.63) is 29.6 Å². The summed E-state index contributed by atoms with van der Waals surface area (Å²) < 4.78 is 28.7. The first-order valence-electron chi connectivity index (χ1n) is 6.36. The quantitative estimate of drug-likeness (QED) is 0.663. The highest BCUT2D eigenvalue weighted by Gasteiger charge is 2.06. The second-order valence-electron chi connectivity index (χ2n) is 3.92. The molecule has 1 aromatic carbocycles. The average molecular weight is 282 g/mol. The molecule has 1 aromatic rings. The van der Waals surface area contributed by atoms with Gasteiger partial charge in [0.2, 0.25) is 0 Å². The van der Waals surface area contributed by atoms with Gasteiger partial charge in [0.05, 0.1) is 38.7 Å². The van der Waals surface area contributed by atoms with Crippen molar-refractivity contribution in [3.63, 3.8) is 0 Å². The maximum atomic E-state index is 13.3. The Balaban J connectivity index is 2.13. The zero-order valence-electron chi connectivity index (χ0n) is 11.5. The minimum Gasteiger partial charge on any atom is -0.382 e. The minimum atomic E-state index is -0.523. The summed E-state index contributed by atoms with van der Waals surface area (Å²) in [5, 5.41) is 11.8. The van der Waals surface area contributed by atoms with E-state index < -0.39 is 5.82 Å². The first-order valence-corrected chi connectivity index (χ1v) is 6.36. The van der Waals surface area contributed by atoms with Crippen LogP contribution in [0.15, 0.2) is 18.2 Å². The molecule has 0 radical (unpaired) electrons. The smallest absolute Gasteiger partial charge is 0.143 e. The van der Waals surface area contributed by atoms with Crippen molar-refractivity contribution in [2.75, 3.05) is 52.0 Å². The van der Waals surface area contributed by atoms with Gasteiger partial charge in [-0.2, -0.15) is 5.26 Å². The fourth-order valence-corrected chi connectivity index (χ4v) is 1.51. The van der Waals surface area contributed by atoms with Crippen molar-refractivity contribution in [2.45, 2.75) is 0 Å². The lowest BCUT2D eigenvalue weighted by Crippen LogP contribution is -2.14. The highest BCUT2D eigenvalue weighted by atomic mass is 19.1. The molecule has 1 rings (SSSR count). The predicted molar refractivity (Wildman–Crippen MR) is 73.1 cm³/mol. The molecule has 1 N–H and O–H groups in total. The summed E-state index contributed by atoms with van der Waals surface area (Å²) in [4.78, 5) is 0. The van der Waals surface area contributed by atoms with Crippen LogP contribution >= 0.6 is 0 Å². The maximum Gasteiger partial charge on any atom is 0.143 e. The molecule has 5 nitrogen and oxygen atoms in total. The Morgan fingerprint density at radius 2 is 1.85 bits per heavy atom. The van der Waals surface area contributed by atoms with E-state index in [0.717, 1.165) is 0 Å². The van der Waals surface area contributed by atoms with Gasteiger partial charge in [-0.1, -0.05) is 6.07 Å². The fourth-order valence-electron chi connectivity index (χ4n) is 1.51. The van der Waals surface area contributed by atoms with Crippen molar-refractivity contribution in [2.24, 2.45) is 0 Å². The number of halogens is 1. The van der Waals surface area contributed by atoms with Crippen molar-refractivity contribution >= 4 is 5.69 Å². The van der Waals surface area contributed by atoms with Crippen molar-refractivity contribution in [1.82, 2.24) is 0 Å². The van der Waals surface area contributed by atoms with Crippen LogP contribution in [0.1, 0.15) is 5.56 Å². The van der Waals surface area contributed by atoms with Crippen molar-refractivity contribution in [1.29, 1.82) is 5.26 Å². The topological polar surface area (TPSA) is 63.5 Å². The molecule has 0 atom stereocenters. The van der Waals surface area contributed by atoms with Gasteiger partial charge in [0, 0.05) is 13.7 Å². The Bertz CT molecular complexity index is 435. The van der Waals surface area contributed by atoms with E-state index >= 15 is 0 Å². The number of rotatable bonds is 10. The van der Waals surface area contributed by atoms with E-state index in [9.17, 15) is 4.39 Å². The van der Waals surface area contributed by atoms with Crippen LogP contribution in [0, 0.1) is 17.1 Å². The summed E-state index contributed by atoms with van der Waals surface area (Å²) >= 11 is 0. The number of benzene rings is 1. The SMILES string of the molecule is COCCOCCOCCNc1cccc(F)c1C#N. The largest absolute Gasteiger partial charge is 0.382 e. The second kappa shape index (κ2) is 10.1. The van der Waals surface area contributed by atoms with Gasteiger partial charge < -0.3 is 19.5 Å². The van der Waals surface area contributed by atoms with Crippen molar-refractivity contribution < 1.29 is 18.6 Å². The molecule has 0 bridgehead atoms. The van der Waals surface area contributed by atoms with Crippen molar-refractivity contribution in [3.8, 4) is 6.07 Å². The molecule has 6 heteroatoms. The van der Waals surface area contributed by atoms with Crippen LogP contribution in [0.4, 0.5) is 10.1 Å². The zero-order chi connectivity index (χ0) is 14.6. The van der Waals surface area contributed by atoms with Crippen LogP contribution in [0.25, 0.3) is 0 Å². The molecule has 0 spiro atoms. The third-order valence-electron chi connectivity index (χ3n) is 2.49. The van der Waals surface area contributed by atoms with E-state index in [-0.39, 0.29) is 5.56 Å². The first-order chi connectivity index (χ1) is 9.79. The molecule has 0 fully saturated rings. The lowest BCUT2D eigenvalue weighted by molar-refractivity contribution is 0.0272. The molecule has 0 saturated heterocycles. The monoisotopic (exact) mass is 282 g/mol. The molecule has 0 aliphatic heterocycles. The number of nitriles is 1. The Labute approximate surface area is 118 Å². The van der Waals surface area contributed by atoms with Crippen LogP contribution in [-0.2, 0) is 14.2 Å². The van der Waals surface area contributed by atoms with Crippen LogP contribution < -0.4 is 5.32 Å². The highest BCUT2D eigenvalue weighted by molar-refractivity contribution is 5.57. The van der Waals surface area contributed by atoms with Gasteiger partial charge in [-0.15, -0.1) is 0 Å². The maximum absolute atomic E-state index is 13.3. The lowest BCUT2D eigenvalue weighted by Gasteiger charge is -2.09. The Morgan fingerprint density at radius 3 is 2.55 bits per heavy atom. The van der Waals surface area contributed by atoms with Crippen LogP contribution in [-0.4, -0.2) is 46.7 Å².